The van der Waals surface area contributed by atoms with Crippen molar-refractivity contribution in [2.75, 3.05) is 0 Å². The van der Waals surface area contributed by atoms with E-state index in [1.54, 1.807) is 19.9 Å². The van der Waals surface area contributed by atoms with Gasteiger partial charge in [-0.2, -0.15) is 26.3 Å². The summed E-state index contributed by atoms with van der Waals surface area (Å²) in [7, 11) is 0. The summed E-state index contributed by atoms with van der Waals surface area (Å²) in [5, 5.41) is 0. The minimum atomic E-state index is -4.69. The molecule has 0 N–H and O–H groups in total. The number of aryl methyl sites for hydroxylation is 1. The zero-order valence-electron chi connectivity index (χ0n) is 14.0. The maximum atomic E-state index is 14.0. The number of nitrogens with zero attached hydrogens (tertiary/aromatic N) is 1. The lowest BCUT2D eigenvalue weighted by molar-refractivity contribution is -0.138. The first-order valence-electron chi connectivity index (χ1n) is 7.79. The van der Waals surface area contributed by atoms with Gasteiger partial charge in [0.05, 0.1) is 5.56 Å². The standard InChI is InChI=1S/C18H16F7N/c1-10(5-6-17(20,21)22)14-4-3-12(7-11(14)2)16-15(19)8-13(9-26-16)18(23,24)25/h3-4,7-10H,5-6H2,1-2H3. The van der Waals surface area contributed by atoms with E-state index in [-0.39, 0.29) is 23.6 Å². The van der Waals surface area contributed by atoms with E-state index in [0.29, 0.717) is 23.4 Å². The van der Waals surface area contributed by atoms with Crippen LogP contribution >= 0.6 is 0 Å². The molecule has 0 amide bonds. The Morgan fingerprint density at radius 3 is 2.19 bits per heavy atom. The van der Waals surface area contributed by atoms with Crippen LogP contribution in [0.25, 0.3) is 11.3 Å². The molecule has 0 aliphatic carbocycles. The van der Waals surface area contributed by atoms with Crippen LogP contribution in [-0.2, 0) is 6.18 Å². The van der Waals surface area contributed by atoms with Crippen LogP contribution in [0.2, 0.25) is 0 Å². The Kier molecular flexibility index (Phi) is 5.63. The second kappa shape index (κ2) is 7.25. The molecule has 0 saturated heterocycles. The molecule has 8 heteroatoms. The lowest BCUT2D eigenvalue weighted by Gasteiger charge is -2.17. The molecule has 142 valence electrons. The molecule has 2 rings (SSSR count). The SMILES string of the molecule is Cc1cc(-c2ncc(C(F)(F)F)cc2F)ccc1C(C)CCC(F)(F)F. The zero-order valence-corrected chi connectivity index (χ0v) is 14.0. The average molecular weight is 379 g/mol. The third-order valence-corrected chi connectivity index (χ3v) is 4.10. The van der Waals surface area contributed by atoms with Crippen LogP contribution in [0, 0.1) is 12.7 Å². The van der Waals surface area contributed by atoms with Gasteiger partial charge in [0.15, 0.2) is 0 Å². The van der Waals surface area contributed by atoms with E-state index in [0.717, 1.165) is 0 Å². The number of alkyl halides is 6. The molecule has 0 spiro atoms. The quantitative estimate of drug-likeness (QED) is 0.541. The number of aromatic nitrogens is 1. The van der Waals surface area contributed by atoms with Crippen LogP contribution in [-0.4, -0.2) is 11.2 Å². The van der Waals surface area contributed by atoms with E-state index in [1.165, 1.54) is 12.1 Å². The number of halogens is 7. The molecule has 0 radical (unpaired) electrons. The molecule has 1 aromatic heterocycles. The number of benzene rings is 1. The summed E-state index contributed by atoms with van der Waals surface area (Å²) in [6.45, 7) is 3.32. The zero-order chi connectivity index (χ0) is 19.7. The Balaban J connectivity index is 2.27. The normalized spacial score (nSPS) is 13.7. The molecule has 0 bridgehead atoms. The first-order chi connectivity index (χ1) is 11.9. The van der Waals surface area contributed by atoms with Crippen molar-refractivity contribution in [2.24, 2.45) is 0 Å². The second-order valence-corrected chi connectivity index (χ2v) is 6.18. The van der Waals surface area contributed by atoms with Crippen molar-refractivity contribution >= 4 is 0 Å². The molecule has 1 unspecified atom stereocenters. The molecule has 0 aliphatic rings. The van der Waals surface area contributed by atoms with Gasteiger partial charge in [-0.25, -0.2) is 4.39 Å². The van der Waals surface area contributed by atoms with Gasteiger partial charge < -0.3 is 0 Å². The molecule has 0 fully saturated rings. The summed E-state index contributed by atoms with van der Waals surface area (Å²) in [5.41, 5.74) is 0.132. The predicted octanol–water partition coefficient (Wildman–Crippen LogP) is 6.66. The average Bonchev–Trinajstić information content (AvgIpc) is 2.51. The first kappa shape index (κ1) is 20.2. The maximum Gasteiger partial charge on any atom is 0.417 e. The van der Waals surface area contributed by atoms with Gasteiger partial charge in [-0.05, 0) is 42.5 Å². The summed E-state index contributed by atoms with van der Waals surface area (Å²) in [6, 6.07) is 4.89. The summed E-state index contributed by atoms with van der Waals surface area (Å²) >= 11 is 0. The van der Waals surface area contributed by atoms with Crippen molar-refractivity contribution in [1.29, 1.82) is 0 Å². The molecule has 1 nitrogen and oxygen atoms in total. The van der Waals surface area contributed by atoms with Crippen LogP contribution < -0.4 is 0 Å². The maximum absolute atomic E-state index is 14.0. The Bertz CT molecular complexity index is 778. The van der Waals surface area contributed by atoms with Gasteiger partial charge in [0, 0.05) is 18.2 Å². The second-order valence-electron chi connectivity index (χ2n) is 6.18. The lowest BCUT2D eigenvalue weighted by Crippen LogP contribution is -2.09. The highest BCUT2D eigenvalue weighted by atomic mass is 19.4. The van der Waals surface area contributed by atoms with Gasteiger partial charge >= 0.3 is 12.4 Å². The molecular formula is C18H16F7N. The summed E-state index contributed by atoms with van der Waals surface area (Å²) in [4.78, 5) is 3.56. The van der Waals surface area contributed by atoms with Gasteiger partial charge in [0.2, 0.25) is 0 Å². The number of hydrogen-bond acceptors (Lipinski definition) is 1. The Morgan fingerprint density at radius 1 is 1.04 bits per heavy atom. The number of hydrogen-bond donors (Lipinski definition) is 0. The van der Waals surface area contributed by atoms with E-state index >= 15 is 0 Å². The molecule has 1 atom stereocenters. The minimum Gasteiger partial charge on any atom is -0.253 e. The molecule has 1 heterocycles. The largest absolute Gasteiger partial charge is 0.417 e. The van der Waals surface area contributed by atoms with Crippen LogP contribution in [0.4, 0.5) is 30.7 Å². The highest BCUT2D eigenvalue weighted by molar-refractivity contribution is 5.62. The summed E-state index contributed by atoms with van der Waals surface area (Å²) in [5.74, 6) is -1.48. The van der Waals surface area contributed by atoms with Gasteiger partial charge in [0.25, 0.3) is 0 Å². The Labute approximate surface area is 145 Å². The van der Waals surface area contributed by atoms with Crippen molar-refractivity contribution in [3.63, 3.8) is 0 Å². The molecule has 0 aliphatic heterocycles. The molecule has 2 aromatic rings. The lowest BCUT2D eigenvalue weighted by atomic mass is 9.90. The van der Waals surface area contributed by atoms with Crippen molar-refractivity contribution in [3.05, 3.63) is 53.0 Å². The van der Waals surface area contributed by atoms with Crippen LogP contribution in [0.15, 0.2) is 30.5 Å². The van der Waals surface area contributed by atoms with Gasteiger partial charge in [-0.15, -0.1) is 0 Å². The van der Waals surface area contributed by atoms with E-state index in [4.69, 9.17) is 0 Å². The predicted molar refractivity (Wildman–Crippen MR) is 83.1 cm³/mol. The molecule has 0 saturated carbocycles. The Hall–Kier alpha value is -2.12. The summed E-state index contributed by atoms with van der Waals surface area (Å²) in [6.07, 6.45) is -9.38. The summed E-state index contributed by atoms with van der Waals surface area (Å²) < 4.78 is 88.8. The van der Waals surface area contributed by atoms with E-state index in [2.05, 4.69) is 4.98 Å². The fourth-order valence-corrected chi connectivity index (χ4v) is 2.72. The van der Waals surface area contributed by atoms with Crippen LogP contribution in [0.3, 0.4) is 0 Å². The van der Waals surface area contributed by atoms with Crippen LogP contribution in [0.1, 0.15) is 42.4 Å². The highest BCUT2D eigenvalue weighted by Crippen LogP contribution is 2.34. The van der Waals surface area contributed by atoms with E-state index in [1.807, 2.05) is 0 Å². The van der Waals surface area contributed by atoms with Gasteiger partial charge in [-0.1, -0.05) is 19.1 Å². The van der Waals surface area contributed by atoms with Crippen molar-refractivity contribution in [3.8, 4) is 11.3 Å². The smallest absolute Gasteiger partial charge is 0.253 e. The fraction of sp³-hybridized carbons (Fsp3) is 0.389. The van der Waals surface area contributed by atoms with E-state index < -0.39 is 30.2 Å². The highest BCUT2D eigenvalue weighted by Gasteiger charge is 2.32. The Morgan fingerprint density at radius 2 is 1.69 bits per heavy atom. The molecular weight excluding hydrogens is 363 g/mol. The van der Waals surface area contributed by atoms with Crippen LogP contribution in [0.5, 0.6) is 0 Å². The van der Waals surface area contributed by atoms with Gasteiger partial charge in [-0.3, -0.25) is 4.98 Å². The third kappa shape index (κ3) is 4.95. The third-order valence-electron chi connectivity index (χ3n) is 4.10. The minimum absolute atomic E-state index is 0.0867. The van der Waals surface area contributed by atoms with Crippen molar-refractivity contribution < 1.29 is 30.7 Å². The molecule has 1 aromatic carbocycles. The molecule has 26 heavy (non-hydrogen) atoms. The first-order valence-corrected chi connectivity index (χ1v) is 7.79. The number of rotatable bonds is 4. The van der Waals surface area contributed by atoms with Gasteiger partial charge in [0.1, 0.15) is 11.5 Å². The van der Waals surface area contributed by atoms with Crippen molar-refractivity contribution in [1.82, 2.24) is 4.98 Å². The fourth-order valence-electron chi connectivity index (χ4n) is 2.72. The number of pyridine rings is 1. The monoisotopic (exact) mass is 379 g/mol. The van der Waals surface area contributed by atoms with E-state index in [9.17, 15) is 30.7 Å². The topological polar surface area (TPSA) is 12.9 Å². The van der Waals surface area contributed by atoms with Crippen molar-refractivity contribution in [2.45, 2.75) is 45.0 Å².